The highest BCUT2D eigenvalue weighted by Crippen LogP contribution is 2.26. The van der Waals surface area contributed by atoms with Crippen LogP contribution < -0.4 is 5.32 Å². The Morgan fingerprint density at radius 1 is 1.20 bits per heavy atom. The molecule has 1 N–H and O–H groups in total. The second-order valence-electron chi connectivity index (χ2n) is 5.61. The first kappa shape index (κ1) is 14.5. The highest BCUT2D eigenvalue weighted by Gasteiger charge is 2.41. The summed E-state index contributed by atoms with van der Waals surface area (Å²) in [5.41, 5.74) is 0.984. The molecule has 1 fully saturated rings. The molecule has 3 unspecified atom stereocenters. The van der Waals surface area contributed by atoms with Crippen molar-refractivity contribution in [3.8, 4) is 0 Å². The highest BCUT2D eigenvalue weighted by atomic mass is 16.2. The Morgan fingerprint density at radius 2 is 1.80 bits per heavy atom. The van der Waals surface area contributed by atoms with Crippen LogP contribution in [0, 0.1) is 5.92 Å². The zero-order chi connectivity index (χ0) is 14.9. The van der Waals surface area contributed by atoms with E-state index in [2.05, 4.69) is 10.3 Å². The van der Waals surface area contributed by atoms with Gasteiger partial charge in [0.2, 0.25) is 11.8 Å². The van der Waals surface area contributed by atoms with Gasteiger partial charge in [-0.05, 0) is 37.5 Å². The van der Waals surface area contributed by atoms with Crippen LogP contribution in [0.2, 0.25) is 0 Å². The second kappa shape index (κ2) is 5.61. The summed E-state index contributed by atoms with van der Waals surface area (Å²) in [5, 5.41) is 2.81. The number of carbonyl (C=O) groups excluding carboxylic acids is 2. The number of nitrogens with zero attached hydrogens (tertiary/aromatic N) is 2. The molecule has 0 spiro atoms. The van der Waals surface area contributed by atoms with Crippen molar-refractivity contribution in [2.75, 3.05) is 0 Å². The lowest BCUT2D eigenvalue weighted by Crippen LogP contribution is -2.64. The van der Waals surface area contributed by atoms with Gasteiger partial charge in [0.1, 0.15) is 12.1 Å². The monoisotopic (exact) mass is 275 g/mol. The smallest absolute Gasteiger partial charge is 0.246 e. The molecule has 1 aromatic rings. The average molecular weight is 275 g/mol. The molecule has 5 heteroatoms. The maximum atomic E-state index is 12.6. The van der Waals surface area contributed by atoms with Crippen molar-refractivity contribution in [3.63, 3.8) is 0 Å². The van der Waals surface area contributed by atoms with E-state index in [9.17, 15) is 9.59 Å². The molecule has 0 radical (unpaired) electrons. The zero-order valence-electron chi connectivity index (χ0n) is 12.3. The number of hydrogen-bond donors (Lipinski definition) is 1. The average Bonchev–Trinajstić information content (AvgIpc) is 2.43. The Balaban J connectivity index is 2.32. The molecule has 1 aromatic heterocycles. The number of pyridine rings is 1. The molecule has 0 saturated carbocycles. The Morgan fingerprint density at radius 3 is 2.35 bits per heavy atom. The first-order valence-corrected chi connectivity index (χ1v) is 6.96. The molecule has 2 amide bonds. The van der Waals surface area contributed by atoms with E-state index in [1.165, 1.54) is 0 Å². The Hall–Kier alpha value is -1.91. The maximum absolute atomic E-state index is 12.6. The first-order chi connectivity index (χ1) is 9.43. The summed E-state index contributed by atoms with van der Waals surface area (Å²) >= 11 is 0. The standard InChI is InChI=1S/C15H21N3O2/c1-9(2)13-15(20)18(11(4)14(19)17-13)10(3)12-5-7-16-8-6-12/h5-11,13H,1-4H3,(H,17,19). The zero-order valence-corrected chi connectivity index (χ0v) is 12.3. The lowest BCUT2D eigenvalue weighted by Gasteiger charge is -2.42. The topological polar surface area (TPSA) is 62.3 Å². The second-order valence-corrected chi connectivity index (χ2v) is 5.61. The third kappa shape index (κ3) is 2.53. The molecule has 3 atom stereocenters. The van der Waals surface area contributed by atoms with Crippen LogP contribution in [-0.2, 0) is 9.59 Å². The molecule has 0 aliphatic carbocycles. The van der Waals surface area contributed by atoms with E-state index in [4.69, 9.17) is 0 Å². The summed E-state index contributed by atoms with van der Waals surface area (Å²) in [5.74, 6) is -0.0355. The molecule has 0 aromatic carbocycles. The van der Waals surface area contributed by atoms with Gasteiger partial charge in [0.15, 0.2) is 0 Å². The number of nitrogens with one attached hydrogen (secondary N) is 1. The number of aromatic nitrogens is 1. The van der Waals surface area contributed by atoms with Gasteiger partial charge in [0.05, 0.1) is 6.04 Å². The van der Waals surface area contributed by atoms with E-state index in [0.717, 1.165) is 5.56 Å². The van der Waals surface area contributed by atoms with Crippen molar-refractivity contribution < 1.29 is 9.59 Å². The van der Waals surface area contributed by atoms with Gasteiger partial charge in [0.25, 0.3) is 0 Å². The molecule has 5 nitrogen and oxygen atoms in total. The van der Waals surface area contributed by atoms with Crippen LogP contribution in [0.4, 0.5) is 0 Å². The predicted octanol–water partition coefficient (Wildman–Crippen LogP) is 1.51. The fraction of sp³-hybridized carbons (Fsp3) is 0.533. The molecule has 1 aliphatic heterocycles. The number of piperazine rings is 1. The molecule has 108 valence electrons. The van der Waals surface area contributed by atoms with Gasteiger partial charge >= 0.3 is 0 Å². The van der Waals surface area contributed by atoms with E-state index in [-0.39, 0.29) is 23.8 Å². The third-order valence-corrected chi connectivity index (χ3v) is 3.89. The van der Waals surface area contributed by atoms with Gasteiger partial charge < -0.3 is 10.2 Å². The van der Waals surface area contributed by atoms with Crippen molar-refractivity contribution in [2.24, 2.45) is 5.92 Å². The number of amides is 2. The van der Waals surface area contributed by atoms with E-state index in [1.807, 2.05) is 32.9 Å². The van der Waals surface area contributed by atoms with Crippen molar-refractivity contribution in [3.05, 3.63) is 30.1 Å². The number of rotatable bonds is 3. The first-order valence-electron chi connectivity index (χ1n) is 6.96. The van der Waals surface area contributed by atoms with Crippen molar-refractivity contribution in [2.45, 2.75) is 45.8 Å². The van der Waals surface area contributed by atoms with Gasteiger partial charge in [-0.3, -0.25) is 14.6 Å². The highest BCUT2D eigenvalue weighted by molar-refractivity contribution is 5.97. The van der Waals surface area contributed by atoms with E-state index >= 15 is 0 Å². The van der Waals surface area contributed by atoms with Gasteiger partial charge in [0, 0.05) is 12.4 Å². The molecular formula is C15H21N3O2. The van der Waals surface area contributed by atoms with E-state index < -0.39 is 12.1 Å². The van der Waals surface area contributed by atoms with Gasteiger partial charge in [-0.1, -0.05) is 13.8 Å². The minimum atomic E-state index is -0.458. The molecule has 1 saturated heterocycles. The molecular weight excluding hydrogens is 254 g/mol. The lowest BCUT2D eigenvalue weighted by atomic mass is 9.95. The lowest BCUT2D eigenvalue weighted by molar-refractivity contribution is -0.152. The normalized spacial score (nSPS) is 24.8. The van der Waals surface area contributed by atoms with Crippen LogP contribution in [0.5, 0.6) is 0 Å². The van der Waals surface area contributed by atoms with Crippen LogP contribution >= 0.6 is 0 Å². The van der Waals surface area contributed by atoms with Crippen LogP contribution in [0.15, 0.2) is 24.5 Å². The summed E-state index contributed by atoms with van der Waals surface area (Å²) in [6, 6.07) is 2.71. The minimum absolute atomic E-state index is 0.0172. The van der Waals surface area contributed by atoms with E-state index in [0.29, 0.717) is 0 Å². The maximum Gasteiger partial charge on any atom is 0.246 e. The largest absolute Gasteiger partial charge is 0.342 e. The van der Waals surface area contributed by atoms with Gasteiger partial charge in [-0.2, -0.15) is 0 Å². The molecule has 0 bridgehead atoms. The summed E-state index contributed by atoms with van der Waals surface area (Å²) in [6.07, 6.45) is 3.40. The molecule has 2 heterocycles. The summed E-state index contributed by atoms with van der Waals surface area (Å²) in [7, 11) is 0. The van der Waals surface area contributed by atoms with Crippen LogP contribution in [0.1, 0.15) is 39.3 Å². The fourth-order valence-electron chi connectivity index (χ4n) is 2.59. The molecule has 1 aliphatic rings. The SMILES string of the molecule is CC(C)C1NC(=O)C(C)N(C(C)c2ccncc2)C1=O. The fourth-order valence-corrected chi connectivity index (χ4v) is 2.59. The molecule has 2 rings (SSSR count). The quantitative estimate of drug-likeness (QED) is 0.909. The summed E-state index contributed by atoms with van der Waals surface area (Å²) in [6.45, 7) is 7.59. The van der Waals surface area contributed by atoms with Crippen molar-refractivity contribution >= 4 is 11.8 Å². The predicted molar refractivity (Wildman–Crippen MR) is 75.7 cm³/mol. The van der Waals surface area contributed by atoms with Gasteiger partial charge in [-0.15, -0.1) is 0 Å². The number of hydrogen-bond acceptors (Lipinski definition) is 3. The van der Waals surface area contributed by atoms with Crippen LogP contribution in [0.3, 0.4) is 0 Å². The summed E-state index contributed by atoms with van der Waals surface area (Å²) in [4.78, 5) is 30.4. The van der Waals surface area contributed by atoms with Crippen molar-refractivity contribution in [1.82, 2.24) is 15.2 Å². The van der Waals surface area contributed by atoms with E-state index in [1.54, 1.807) is 24.2 Å². The Labute approximate surface area is 119 Å². The number of carbonyl (C=O) groups is 2. The van der Waals surface area contributed by atoms with Crippen LogP contribution in [-0.4, -0.2) is 33.8 Å². The van der Waals surface area contributed by atoms with Crippen molar-refractivity contribution in [1.29, 1.82) is 0 Å². The van der Waals surface area contributed by atoms with Gasteiger partial charge in [-0.25, -0.2) is 0 Å². The summed E-state index contributed by atoms with van der Waals surface area (Å²) < 4.78 is 0. The Bertz CT molecular complexity index is 501. The third-order valence-electron chi connectivity index (χ3n) is 3.89. The van der Waals surface area contributed by atoms with Crippen LogP contribution in [0.25, 0.3) is 0 Å². The Kier molecular flexibility index (Phi) is 4.06. The molecule has 20 heavy (non-hydrogen) atoms. The minimum Gasteiger partial charge on any atom is -0.342 e.